The van der Waals surface area contributed by atoms with Crippen molar-refractivity contribution in [2.75, 3.05) is 38.7 Å². The highest BCUT2D eigenvalue weighted by Gasteiger charge is 2.19. The number of Topliss-reactive ketones (excluding diaryl/α,β-unsaturated/α-hetero) is 1. The van der Waals surface area contributed by atoms with Gasteiger partial charge in [0.15, 0.2) is 12.4 Å². The fourth-order valence-corrected chi connectivity index (χ4v) is 3.99. The van der Waals surface area contributed by atoms with Crippen LogP contribution in [0.5, 0.6) is 5.75 Å². The number of carbonyl (C=O) groups is 3. The first-order chi connectivity index (χ1) is 18.3. The van der Waals surface area contributed by atoms with Crippen LogP contribution in [0.1, 0.15) is 46.3 Å². The average Bonchev–Trinajstić information content (AvgIpc) is 3.35. The highest BCUT2D eigenvalue weighted by molar-refractivity contribution is 6.30. The molecule has 0 unspecified atom stereocenters. The van der Waals surface area contributed by atoms with Crippen LogP contribution in [0.15, 0.2) is 65.8 Å². The molecule has 0 radical (unpaired) electrons. The van der Waals surface area contributed by atoms with Gasteiger partial charge in [0.2, 0.25) is 0 Å². The molecule has 0 spiro atoms. The van der Waals surface area contributed by atoms with Gasteiger partial charge in [0, 0.05) is 42.2 Å². The van der Waals surface area contributed by atoms with Crippen molar-refractivity contribution in [1.29, 1.82) is 0 Å². The van der Waals surface area contributed by atoms with E-state index in [0.717, 1.165) is 24.5 Å². The van der Waals surface area contributed by atoms with Gasteiger partial charge < -0.3 is 19.7 Å². The molecule has 1 aliphatic heterocycles. The molecule has 1 amide bonds. The number of pyridine rings is 1. The Balaban J connectivity index is 0.00000420. The van der Waals surface area contributed by atoms with Gasteiger partial charge in [0.05, 0.1) is 30.3 Å². The largest absolute Gasteiger partial charge is 0.482 e. The lowest BCUT2D eigenvalue weighted by Crippen LogP contribution is -2.23. The Bertz CT molecular complexity index is 1360. The topological polar surface area (TPSA) is 110 Å². The minimum Gasteiger partial charge on any atom is -0.482 e. The molecule has 1 aromatic heterocycles. The maximum absolute atomic E-state index is 13.3. The lowest BCUT2D eigenvalue weighted by atomic mass is 10.0. The molecule has 39 heavy (non-hydrogen) atoms. The molecule has 3 aromatic rings. The normalized spacial score (nSPS) is 12.3. The lowest BCUT2D eigenvalue weighted by molar-refractivity contribution is -0.145. The van der Waals surface area contributed by atoms with E-state index in [1.807, 2.05) is 19.2 Å². The molecule has 2 aromatic carbocycles. The number of likely N-dealkylation sites (N-methyl/N-ethyl adjacent to an activating group) is 1. The molecule has 9 nitrogen and oxygen atoms in total. The first kappa shape index (κ1) is 29.3. The van der Waals surface area contributed by atoms with Crippen LogP contribution in [0.3, 0.4) is 0 Å². The van der Waals surface area contributed by atoms with E-state index >= 15 is 0 Å². The Morgan fingerprint density at radius 2 is 1.85 bits per heavy atom. The van der Waals surface area contributed by atoms with Crippen molar-refractivity contribution in [2.45, 2.75) is 20.8 Å². The van der Waals surface area contributed by atoms with Crippen molar-refractivity contribution in [3.63, 3.8) is 0 Å². The van der Waals surface area contributed by atoms with Gasteiger partial charge in [-0.3, -0.25) is 19.6 Å². The van der Waals surface area contributed by atoms with Crippen LogP contribution < -0.4 is 10.1 Å². The van der Waals surface area contributed by atoms with Crippen LogP contribution in [0.25, 0.3) is 0 Å². The predicted molar refractivity (Wildman–Crippen MR) is 151 cm³/mol. The van der Waals surface area contributed by atoms with E-state index in [-0.39, 0.29) is 50.1 Å². The fourth-order valence-electron chi connectivity index (χ4n) is 3.88. The number of nitrogens with one attached hydrogen (secondary N) is 1. The Kier molecular flexibility index (Phi) is 10.2. The first-order valence-corrected chi connectivity index (χ1v) is 12.5. The van der Waals surface area contributed by atoms with Crippen LogP contribution in [-0.2, 0) is 16.0 Å². The van der Waals surface area contributed by atoms with E-state index in [1.54, 1.807) is 43.3 Å². The quantitative estimate of drug-likeness (QED) is 0.288. The molecule has 4 rings (SSSR count). The summed E-state index contributed by atoms with van der Waals surface area (Å²) in [6.07, 6.45) is 1.44. The van der Waals surface area contributed by atoms with E-state index in [9.17, 15) is 14.4 Å². The van der Waals surface area contributed by atoms with Crippen LogP contribution in [0.2, 0.25) is 5.02 Å². The lowest BCUT2D eigenvalue weighted by Gasteiger charge is -2.15. The van der Waals surface area contributed by atoms with Crippen LogP contribution in [0.4, 0.5) is 5.69 Å². The molecule has 10 heteroatoms. The summed E-state index contributed by atoms with van der Waals surface area (Å²) in [6.45, 7) is 3.23. The summed E-state index contributed by atoms with van der Waals surface area (Å²) in [5.74, 6) is -0.0267. The zero-order valence-corrected chi connectivity index (χ0v) is 21.8. The Labute approximate surface area is 232 Å². The number of benzene rings is 2. The van der Waals surface area contributed by atoms with E-state index in [0.29, 0.717) is 22.0 Å². The van der Waals surface area contributed by atoms with Gasteiger partial charge in [-0.15, -0.1) is 0 Å². The number of aliphatic imine (C=N–C) groups is 1. The van der Waals surface area contributed by atoms with Gasteiger partial charge in [-0.1, -0.05) is 31.2 Å². The van der Waals surface area contributed by atoms with Crippen LogP contribution in [-0.4, -0.2) is 66.7 Å². The molecular weight excluding hydrogens is 520 g/mol. The number of nitrogens with zero attached hydrogens (tertiary/aromatic N) is 3. The molecule has 0 bridgehead atoms. The maximum atomic E-state index is 13.3. The van der Waals surface area contributed by atoms with Crippen molar-refractivity contribution in [3.8, 4) is 5.75 Å². The summed E-state index contributed by atoms with van der Waals surface area (Å²) < 4.78 is 10.4. The standard InChI is InChI=1S/C28H27ClN4O5.CH4/c1-3-37-26(35)17-38-22-10-11-24(23(15-22)25(34)14-21-9-8-20(29)16-31-21)32-28(36)19-6-4-18(5-7-19)27-30-12-13-33(27)2;/h4-11,15-16H,3,12-14,17H2,1-2H3,(H,32,36);1H4. The number of halogens is 1. The summed E-state index contributed by atoms with van der Waals surface area (Å²) in [7, 11) is 1.98. The average molecular weight is 551 g/mol. The van der Waals surface area contributed by atoms with Crippen LogP contribution >= 0.6 is 11.6 Å². The van der Waals surface area contributed by atoms with Crippen molar-refractivity contribution in [2.24, 2.45) is 4.99 Å². The number of ketones is 1. The molecule has 0 fully saturated rings. The molecule has 1 N–H and O–H groups in total. The van der Waals surface area contributed by atoms with E-state index in [1.165, 1.54) is 12.3 Å². The summed E-state index contributed by atoms with van der Waals surface area (Å²) in [5, 5.41) is 3.28. The SMILES string of the molecule is C.CCOC(=O)COc1ccc(NC(=O)c2ccc(C3=NCCN3C)cc2)c(C(=O)Cc2ccc(Cl)cn2)c1. The molecular formula is C29H31ClN4O5. The van der Waals surface area contributed by atoms with Gasteiger partial charge in [-0.05, 0) is 49.4 Å². The third-order valence-corrected chi connectivity index (χ3v) is 6.02. The number of anilines is 1. The number of ether oxygens (including phenoxy) is 2. The zero-order valence-electron chi connectivity index (χ0n) is 21.1. The van der Waals surface area contributed by atoms with Gasteiger partial charge in [-0.25, -0.2) is 4.79 Å². The Morgan fingerprint density at radius 3 is 2.49 bits per heavy atom. The van der Waals surface area contributed by atoms with Crippen LogP contribution in [0, 0.1) is 0 Å². The van der Waals surface area contributed by atoms with E-state index < -0.39 is 5.97 Å². The summed E-state index contributed by atoms with van der Waals surface area (Å²) in [5.41, 5.74) is 2.40. The summed E-state index contributed by atoms with van der Waals surface area (Å²) in [4.78, 5) is 48.8. The van der Waals surface area contributed by atoms with E-state index in [4.69, 9.17) is 21.1 Å². The number of amides is 1. The number of carbonyl (C=O) groups excluding carboxylic acids is 3. The number of amidine groups is 1. The summed E-state index contributed by atoms with van der Waals surface area (Å²) in [6, 6.07) is 15.1. The predicted octanol–water partition coefficient (Wildman–Crippen LogP) is 4.68. The Hall–Kier alpha value is -4.24. The smallest absolute Gasteiger partial charge is 0.344 e. The second-order valence-corrected chi connectivity index (χ2v) is 8.96. The molecule has 2 heterocycles. The molecule has 0 saturated carbocycles. The number of esters is 1. The number of hydrogen-bond donors (Lipinski definition) is 1. The molecule has 0 saturated heterocycles. The van der Waals surface area contributed by atoms with Gasteiger partial charge in [-0.2, -0.15) is 0 Å². The minimum absolute atomic E-state index is 0. The van der Waals surface area contributed by atoms with Crippen molar-refractivity contribution < 1.29 is 23.9 Å². The van der Waals surface area contributed by atoms with Crippen molar-refractivity contribution >= 4 is 40.8 Å². The van der Waals surface area contributed by atoms with E-state index in [2.05, 4.69) is 20.2 Å². The van der Waals surface area contributed by atoms with Gasteiger partial charge in [0.1, 0.15) is 11.6 Å². The monoisotopic (exact) mass is 550 g/mol. The number of hydrogen-bond acceptors (Lipinski definition) is 8. The zero-order chi connectivity index (χ0) is 27.1. The fraction of sp³-hybridized carbons (Fsp3) is 0.276. The highest BCUT2D eigenvalue weighted by atomic mass is 35.5. The third-order valence-electron chi connectivity index (χ3n) is 5.80. The molecule has 0 aliphatic carbocycles. The summed E-state index contributed by atoms with van der Waals surface area (Å²) >= 11 is 5.91. The first-order valence-electron chi connectivity index (χ1n) is 12.1. The maximum Gasteiger partial charge on any atom is 0.344 e. The van der Waals surface area contributed by atoms with Gasteiger partial charge >= 0.3 is 5.97 Å². The molecule has 0 atom stereocenters. The molecule has 1 aliphatic rings. The van der Waals surface area contributed by atoms with Gasteiger partial charge in [0.25, 0.3) is 5.91 Å². The second kappa shape index (κ2) is 13.5. The Morgan fingerprint density at radius 1 is 1.08 bits per heavy atom. The van der Waals surface area contributed by atoms with Crippen molar-refractivity contribution in [1.82, 2.24) is 9.88 Å². The number of rotatable bonds is 10. The highest BCUT2D eigenvalue weighted by Crippen LogP contribution is 2.25. The third kappa shape index (κ3) is 7.64. The number of aromatic nitrogens is 1. The second-order valence-electron chi connectivity index (χ2n) is 8.53. The van der Waals surface area contributed by atoms with Crippen molar-refractivity contribution in [3.05, 3.63) is 88.2 Å². The minimum atomic E-state index is -0.527. The molecule has 204 valence electrons.